The van der Waals surface area contributed by atoms with Gasteiger partial charge in [0.05, 0.1) is 16.8 Å². The molecule has 0 saturated heterocycles. The van der Waals surface area contributed by atoms with E-state index in [1.807, 2.05) is 0 Å². The van der Waals surface area contributed by atoms with E-state index in [-0.39, 0.29) is 22.1 Å². The summed E-state index contributed by atoms with van der Waals surface area (Å²) in [6.07, 6.45) is 0. The maximum atomic E-state index is 10.9. The van der Waals surface area contributed by atoms with Gasteiger partial charge in [0.15, 0.2) is 0 Å². The summed E-state index contributed by atoms with van der Waals surface area (Å²) in [7, 11) is 0. The Labute approximate surface area is 67.1 Å². The molecule has 4 heteroatoms. The van der Waals surface area contributed by atoms with Crippen LogP contribution in [0.4, 0.5) is 11.4 Å². The van der Waals surface area contributed by atoms with Crippen molar-refractivity contribution in [1.82, 2.24) is 0 Å². The minimum Gasteiger partial charge on any atom is -0.397 e. The molecule has 2 aromatic rings. The van der Waals surface area contributed by atoms with Gasteiger partial charge in [0.25, 0.3) is 0 Å². The lowest BCUT2D eigenvalue weighted by Gasteiger charge is -2.04. The number of nitrogen functional groups attached to an aromatic ring is 2. The van der Waals surface area contributed by atoms with E-state index in [1.165, 1.54) is 6.07 Å². The first-order valence-electron chi connectivity index (χ1n) is 3.31. The summed E-state index contributed by atoms with van der Waals surface area (Å²) >= 11 is 0. The molecule has 0 atom stereocenters. The summed E-state index contributed by atoms with van der Waals surface area (Å²) in [6.45, 7) is 0. The zero-order valence-corrected chi connectivity index (χ0v) is 6.05. The van der Waals surface area contributed by atoms with Crippen LogP contribution in [0.1, 0.15) is 0 Å². The van der Waals surface area contributed by atoms with E-state index in [0.29, 0.717) is 0 Å². The number of rotatable bonds is 0. The van der Waals surface area contributed by atoms with Crippen LogP contribution < -0.4 is 22.3 Å². The first-order valence-corrected chi connectivity index (χ1v) is 3.31. The molecule has 0 bridgehead atoms. The molecule has 0 unspecified atom stereocenters. The lowest BCUT2D eigenvalue weighted by atomic mass is 10.0. The molecule has 0 saturated carbocycles. The summed E-state index contributed by atoms with van der Waals surface area (Å²) in [4.78, 5) is 21.8. The zero-order chi connectivity index (χ0) is 8.88. The number of nitrogens with two attached hydrogens (primary N) is 2. The van der Waals surface area contributed by atoms with Crippen LogP contribution in [0, 0.1) is 6.07 Å². The molecule has 1 radical (unpaired) electrons. The van der Waals surface area contributed by atoms with Crippen molar-refractivity contribution in [2.75, 3.05) is 11.5 Å². The third-order valence-corrected chi connectivity index (χ3v) is 1.86. The standard InChI is InChI=1S/C8H5N2O2/c9-4-2-1-3-5(6(4)10)8(12)7(3)11/h2H,9-10H2. The molecule has 59 valence electrons. The van der Waals surface area contributed by atoms with E-state index < -0.39 is 10.9 Å². The molecule has 0 heterocycles. The molecular formula is C8H5N2O2. The predicted molar refractivity (Wildman–Crippen MR) is 46.5 cm³/mol. The second-order valence-corrected chi connectivity index (χ2v) is 2.57. The van der Waals surface area contributed by atoms with Crippen molar-refractivity contribution in [3.63, 3.8) is 0 Å². The van der Waals surface area contributed by atoms with Gasteiger partial charge in [-0.2, -0.15) is 0 Å². The summed E-state index contributed by atoms with van der Waals surface area (Å²) in [5, 5.41) is 0.478. The van der Waals surface area contributed by atoms with Gasteiger partial charge < -0.3 is 11.5 Å². The number of anilines is 2. The minimum atomic E-state index is -0.564. The van der Waals surface area contributed by atoms with E-state index >= 15 is 0 Å². The quantitative estimate of drug-likeness (QED) is 0.399. The molecular weight excluding hydrogens is 156 g/mol. The highest BCUT2D eigenvalue weighted by Gasteiger charge is 2.16. The summed E-state index contributed by atoms with van der Waals surface area (Å²) in [6, 6.07) is 4.00. The van der Waals surface area contributed by atoms with Crippen molar-refractivity contribution in [2.24, 2.45) is 0 Å². The molecule has 0 aliphatic heterocycles. The molecule has 2 aromatic carbocycles. The smallest absolute Gasteiger partial charge is 0.236 e. The highest BCUT2D eigenvalue weighted by Crippen LogP contribution is 2.21. The van der Waals surface area contributed by atoms with E-state index in [9.17, 15) is 9.59 Å². The van der Waals surface area contributed by atoms with Gasteiger partial charge in [-0.1, -0.05) is 0 Å². The monoisotopic (exact) mass is 161 g/mol. The minimum absolute atomic E-state index is 0.188. The fraction of sp³-hybridized carbons (Fsp3) is 0. The Morgan fingerprint density at radius 1 is 1.17 bits per heavy atom. The Bertz CT molecular complexity index is 535. The second-order valence-electron chi connectivity index (χ2n) is 2.57. The molecule has 0 spiro atoms. The fourth-order valence-corrected chi connectivity index (χ4v) is 1.16. The van der Waals surface area contributed by atoms with Crippen molar-refractivity contribution in [3.05, 3.63) is 32.6 Å². The molecule has 12 heavy (non-hydrogen) atoms. The highest BCUT2D eigenvalue weighted by atomic mass is 16.2. The lowest BCUT2D eigenvalue weighted by molar-refractivity contribution is 1.53. The van der Waals surface area contributed by atoms with Crippen molar-refractivity contribution in [2.45, 2.75) is 0 Å². The first kappa shape index (κ1) is 6.84. The van der Waals surface area contributed by atoms with Crippen molar-refractivity contribution in [3.8, 4) is 0 Å². The third kappa shape index (κ3) is 0.567. The Balaban J connectivity index is 3.05. The van der Waals surface area contributed by atoms with E-state index in [4.69, 9.17) is 11.5 Å². The predicted octanol–water partition coefficient (Wildman–Crippen LogP) is -0.600. The normalized spacial score (nSPS) is 11.0. The van der Waals surface area contributed by atoms with Gasteiger partial charge in [-0.15, -0.1) is 0 Å². The van der Waals surface area contributed by atoms with Gasteiger partial charge in [0.1, 0.15) is 0 Å². The molecule has 0 amide bonds. The molecule has 2 rings (SSSR count). The van der Waals surface area contributed by atoms with Gasteiger partial charge in [0, 0.05) is 5.39 Å². The van der Waals surface area contributed by atoms with Crippen molar-refractivity contribution >= 4 is 22.1 Å². The number of fused-ring (bicyclic) bond motifs is 1. The maximum absolute atomic E-state index is 10.9. The first-order chi connectivity index (χ1) is 5.63. The summed E-state index contributed by atoms with van der Waals surface area (Å²) in [5.41, 5.74) is 10.3. The maximum Gasteiger partial charge on any atom is 0.236 e. The molecule has 0 aliphatic rings. The van der Waals surface area contributed by atoms with Gasteiger partial charge in [0.2, 0.25) is 10.9 Å². The topological polar surface area (TPSA) is 86.2 Å². The van der Waals surface area contributed by atoms with Crippen LogP contribution in [0.3, 0.4) is 0 Å². The van der Waals surface area contributed by atoms with E-state index in [1.54, 1.807) is 0 Å². The van der Waals surface area contributed by atoms with Gasteiger partial charge in [-0.05, 0) is 12.1 Å². The molecule has 4 nitrogen and oxygen atoms in total. The highest BCUT2D eigenvalue weighted by molar-refractivity contribution is 6.01. The van der Waals surface area contributed by atoms with Crippen LogP contribution in [0.15, 0.2) is 15.7 Å². The van der Waals surface area contributed by atoms with Gasteiger partial charge in [-0.3, -0.25) is 9.59 Å². The molecule has 4 N–H and O–H groups in total. The third-order valence-electron chi connectivity index (χ3n) is 1.86. The summed E-state index contributed by atoms with van der Waals surface area (Å²) < 4.78 is 0. The average molecular weight is 161 g/mol. The van der Waals surface area contributed by atoms with Crippen molar-refractivity contribution in [1.29, 1.82) is 0 Å². The van der Waals surface area contributed by atoms with Crippen LogP contribution in [-0.2, 0) is 0 Å². The van der Waals surface area contributed by atoms with Gasteiger partial charge in [-0.25, -0.2) is 0 Å². The molecule has 0 fully saturated rings. The van der Waals surface area contributed by atoms with Crippen LogP contribution in [0.2, 0.25) is 0 Å². The Kier molecular flexibility index (Phi) is 1.05. The molecule has 0 aromatic heterocycles. The Morgan fingerprint density at radius 3 is 2.50 bits per heavy atom. The van der Waals surface area contributed by atoms with Gasteiger partial charge >= 0.3 is 0 Å². The van der Waals surface area contributed by atoms with Crippen LogP contribution in [-0.4, -0.2) is 0 Å². The zero-order valence-electron chi connectivity index (χ0n) is 6.05. The Morgan fingerprint density at radius 2 is 1.83 bits per heavy atom. The Hall–Kier alpha value is -1.84. The van der Waals surface area contributed by atoms with E-state index in [2.05, 4.69) is 6.07 Å². The SMILES string of the molecule is Nc1c[c]c2c(=O)c(=O)c2c1N. The van der Waals surface area contributed by atoms with Crippen LogP contribution >= 0.6 is 0 Å². The van der Waals surface area contributed by atoms with E-state index in [0.717, 1.165) is 0 Å². The van der Waals surface area contributed by atoms with Crippen molar-refractivity contribution < 1.29 is 0 Å². The number of hydrogen-bond donors (Lipinski definition) is 2. The fourth-order valence-electron chi connectivity index (χ4n) is 1.16. The van der Waals surface area contributed by atoms with Crippen LogP contribution in [0.25, 0.3) is 10.8 Å². The lowest BCUT2D eigenvalue weighted by Crippen LogP contribution is -2.31. The second kappa shape index (κ2) is 1.85. The number of benzene rings is 1. The molecule has 0 aliphatic carbocycles. The number of hydrogen-bond acceptors (Lipinski definition) is 4. The average Bonchev–Trinajstić information content (AvgIpc) is 2.08. The largest absolute Gasteiger partial charge is 0.397 e. The summed E-state index contributed by atoms with van der Waals surface area (Å²) in [5.74, 6) is 0. The van der Waals surface area contributed by atoms with Crippen LogP contribution in [0.5, 0.6) is 0 Å².